The first-order valence-electron chi connectivity index (χ1n) is 18.2. The molecule has 278 valence electrons. The van der Waals surface area contributed by atoms with Crippen LogP contribution in [-0.4, -0.2) is 51.5 Å². The quantitative estimate of drug-likeness (QED) is 0.163. The lowest BCUT2D eigenvalue weighted by Crippen LogP contribution is -2.46. The summed E-state index contributed by atoms with van der Waals surface area (Å²) in [5.74, 6) is 0.0305. The third kappa shape index (κ3) is 7.36. The predicted octanol–water partition coefficient (Wildman–Crippen LogP) is 7.77. The van der Waals surface area contributed by atoms with Gasteiger partial charge in [-0.05, 0) is 79.1 Å². The van der Waals surface area contributed by atoms with Gasteiger partial charge in [0.2, 0.25) is 5.95 Å². The van der Waals surface area contributed by atoms with Gasteiger partial charge in [0.25, 0.3) is 5.91 Å². The van der Waals surface area contributed by atoms with Crippen LogP contribution >= 0.6 is 0 Å². The topological polar surface area (TPSA) is 133 Å². The number of Topliss-reactive ketones (excluding diaryl/α,β-unsaturated/α-hetero) is 1. The average molecular weight is 745 g/mol. The van der Waals surface area contributed by atoms with E-state index in [1.807, 2.05) is 68.4 Å². The normalized spacial score (nSPS) is 15.1. The first-order valence-corrected chi connectivity index (χ1v) is 18.2. The molecule has 3 amide bonds. The average Bonchev–Trinajstić information content (AvgIpc) is 3.34. The Bertz CT molecular complexity index is 2520. The van der Waals surface area contributed by atoms with E-state index in [-0.39, 0.29) is 36.5 Å². The highest BCUT2D eigenvalue weighted by atomic mass is 19.1. The number of hydrogen-bond donors (Lipinski definition) is 2. The van der Waals surface area contributed by atoms with Crippen molar-refractivity contribution in [3.8, 4) is 0 Å². The van der Waals surface area contributed by atoms with Crippen LogP contribution in [0.1, 0.15) is 49.4 Å². The van der Waals surface area contributed by atoms with Gasteiger partial charge in [-0.2, -0.15) is 4.98 Å². The number of halogens is 1. The molecule has 1 atom stereocenters. The molecule has 2 aliphatic heterocycles. The van der Waals surface area contributed by atoms with E-state index < -0.39 is 6.04 Å². The molecule has 4 aromatic carbocycles. The fraction of sp³-hybridized carbons (Fsp3) is 0.159. The number of hydrogen-bond acceptors (Lipinski definition) is 8. The number of amides is 3. The van der Waals surface area contributed by atoms with Gasteiger partial charge < -0.3 is 10.6 Å². The molecule has 0 unspecified atom stereocenters. The number of nitrogens with one attached hydrogen (secondary N) is 2. The number of urea groups is 1. The van der Waals surface area contributed by atoms with E-state index in [0.717, 1.165) is 39.2 Å². The monoisotopic (exact) mass is 744 g/mol. The third-order valence-corrected chi connectivity index (χ3v) is 9.96. The SMILES string of the molecule is Cc1ccc(Nc2ncc3c(n2)N(C)C(=O)N(c2cc(NC(=O)c4ccc5c(c4)CC(=O)[C@H](Cc4ccc(F)cc4)N=C5c4ccccc4)ccc2C)C3)cn1. The van der Waals surface area contributed by atoms with Crippen molar-refractivity contribution in [3.05, 3.63) is 166 Å². The number of ketones is 1. The Morgan fingerprint density at radius 2 is 1.64 bits per heavy atom. The number of nitrogens with zero attached hydrogens (tertiary/aromatic N) is 6. The van der Waals surface area contributed by atoms with Crippen molar-refractivity contribution >= 4 is 52.3 Å². The maximum atomic E-state index is 13.8. The minimum atomic E-state index is -0.684. The minimum Gasteiger partial charge on any atom is -0.323 e. The summed E-state index contributed by atoms with van der Waals surface area (Å²) in [6.07, 6.45) is 3.80. The van der Waals surface area contributed by atoms with Crippen molar-refractivity contribution < 1.29 is 18.8 Å². The standard InChI is InChI=1S/C44H37FN8O3/c1-26-9-16-34(22-38(26)53-25-32-23-47-43(51-41(32)52(3)44(53)56)49-35-17-10-27(2)46-24-35)48-42(55)30-13-18-36-31(20-30)21-39(54)37(19-28-11-14-33(45)15-12-28)50-40(36)29-7-5-4-6-8-29/h4-18,20,22-24,37H,19,21,25H2,1-3H3,(H,48,55)(H,47,49,51)/t37-/m0/s1. The van der Waals surface area contributed by atoms with Crippen LogP contribution in [0, 0.1) is 19.7 Å². The molecule has 0 saturated heterocycles. The molecule has 0 fully saturated rings. The van der Waals surface area contributed by atoms with Crippen LogP contribution in [0.15, 0.2) is 121 Å². The summed E-state index contributed by atoms with van der Waals surface area (Å²) in [6, 6.07) is 29.3. The van der Waals surface area contributed by atoms with Crippen LogP contribution in [0.5, 0.6) is 0 Å². The molecule has 0 bridgehead atoms. The van der Waals surface area contributed by atoms with Gasteiger partial charge >= 0.3 is 6.03 Å². The Kier molecular flexibility index (Phi) is 9.61. The molecular weight excluding hydrogens is 708 g/mol. The molecule has 2 aliphatic rings. The lowest BCUT2D eigenvalue weighted by atomic mass is 9.93. The van der Waals surface area contributed by atoms with E-state index in [2.05, 4.69) is 25.6 Å². The van der Waals surface area contributed by atoms with Crippen molar-refractivity contribution in [3.63, 3.8) is 0 Å². The van der Waals surface area contributed by atoms with Crippen LogP contribution in [-0.2, 0) is 24.2 Å². The molecule has 6 aromatic rings. The number of aliphatic imine (C=N–C) groups is 1. The van der Waals surface area contributed by atoms with Crippen LogP contribution in [0.4, 0.5) is 38.0 Å². The third-order valence-electron chi connectivity index (χ3n) is 9.96. The van der Waals surface area contributed by atoms with Crippen LogP contribution in [0.25, 0.3) is 0 Å². The fourth-order valence-electron chi connectivity index (χ4n) is 6.95. The smallest absolute Gasteiger partial charge is 0.323 e. The highest BCUT2D eigenvalue weighted by Gasteiger charge is 2.32. The Morgan fingerprint density at radius 1 is 0.857 bits per heavy atom. The maximum Gasteiger partial charge on any atom is 0.330 e. The van der Waals surface area contributed by atoms with Gasteiger partial charge in [-0.15, -0.1) is 0 Å². The van der Waals surface area contributed by atoms with Gasteiger partial charge in [-0.3, -0.25) is 29.4 Å². The van der Waals surface area contributed by atoms with E-state index in [1.54, 1.807) is 60.7 Å². The summed E-state index contributed by atoms with van der Waals surface area (Å²) in [4.78, 5) is 62.8. The summed E-state index contributed by atoms with van der Waals surface area (Å²) in [5, 5.41) is 6.13. The number of rotatable bonds is 8. The second kappa shape index (κ2) is 15.0. The number of pyridine rings is 1. The van der Waals surface area contributed by atoms with Crippen LogP contribution in [0.2, 0.25) is 0 Å². The number of benzene rings is 4. The second-order valence-corrected chi connectivity index (χ2v) is 13.9. The number of carbonyl (C=O) groups excluding carboxylic acids is 3. The zero-order chi connectivity index (χ0) is 38.9. The zero-order valence-electron chi connectivity index (χ0n) is 31.0. The van der Waals surface area contributed by atoms with E-state index >= 15 is 0 Å². The maximum absolute atomic E-state index is 13.8. The molecule has 2 N–H and O–H groups in total. The van der Waals surface area contributed by atoms with Crippen molar-refractivity contribution in [1.29, 1.82) is 0 Å². The highest BCUT2D eigenvalue weighted by Crippen LogP contribution is 2.34. The van der Waals surface area contributed by atoms with Crippen molar-refractivity contribution in [2.24, 2.45) is 4.99 Å². The first-order chi connectivity index (χ1) is 27.1. The second-order valence-electron chi connectivity index (χ2n) is 13.9. The molecule has 4 heterocycles. The summed E-state index contributed by atoms with van der Waals surface area (Å²) in [5.41, 5.74) is 8.48. The van der Waals surface area contributed by atoms with Gasteiger partial charge in [0.05, 0.1) is 29.8 Å². The molecule has 0 radical (unpaired) electrons. The molecule has 11 nitrogen and oxygen atoms in total. The highest BCUT2D eigenvalue weighted by molar-refractivity contribution is 6.17. The molecule has 8 rings (SSSR count). The van der Waals surface area contributed by atoms with Gasteiger partial charge in [-0.1, -0.05) is 54.6 Å². The van der Waals surface area contributed by atoms with Gasteiger partial charge in [0.1, 0.15) is 17.7 Å². The molecule has 2 aromatic heterocycles. The lowest BCUT2D eigenvalue weighted by molar-refractivity contribution is -0.119. The van der Waals surface area contributed by atoms with Crippen molar-refractivity contribution in [1.82, 2.24) is 15.0 Å². The van der Waals surface area contributed by atoms with Gasteiger partial charge in [-0.25, -0.2) is 14.2 Å². The minimum absolute atomic E-state index is 0.0767. The number of aromatic nitrogens is 3. The summed E-state index contributed by atoms with van der Waals surface area (Å²) < 4.78 is 13.6. The molecular formula is C44H37FN8O3. The Hall–Kier alpha value is -7.08. The largest absolute Gasteiger partial charge is 0.330 e. The van der Waals surface area contributed by atoms with E-state index in [4.69, 9.17) is 4.99 Å². The summed E-state index contributed by atoms with van der Waals surface area (Å²) >= 11 is 0. The predicted molar refractivity (Wildman–Crippen MR) is 215 cm³/mol. The van der Waals surface area contributed by atoms with Crippen LogP contribution < -0.4 is 20.4 Å². The number of aryl methyl sites for hydroxylation is 2. The van der Waals surface area contributed by atoms with Gasteiger partial charge in [0.15, 0.2) is 5.78 Å². The number of fused-ring (bicyclic) bond motifs is 2. The van der Waals surface area contributed by atoms with E-state index in [0.29, 0.717) is 46.4 Å². The molecule has 0 aliphatic carbocycles. The number of carbonyl (C=O) groups is 3. The molecule has 56 heavy (non-hydrogen) atoms. The molecule has 12 heteroatoms. The first kappa shape index (κ1) is 35.9. The molecule has 0 saturated carbocycles. The van der Waals surface area contributed by atoms with Gasteiger partial charge in [0, 0.05) is 59.7 Å². The lowest BCUT2D eigenvalue weighted by Gasteiger charge is -2.35. The van der Waals surface area contributed by atoms with Crippen molar-refractivity contribution in [2.75, 3.05) is 27.5 Å². The zero-order valence-corrected chi connectivity index (χ0v) is 31.0. The molecule has 0 spiro atoms. The fourth-order valence-corrected chi connectivity index (χ4v) is 6.95. The number of anilines is 5. The van der Waals surface area contributed by atoms with Crippen LogP contribution in [0.3, 0.4) is 0 Å². The Labute approximate surface area is 323 Å². The Morgan fingerprint density at radius 3 is 2.41 bits per heavy atom. The van der Waals surface area contributed by atoms with Crippen molar-refractivity contribution in [2.45, 2.75) is 39.3 Å². The van der Waals surface area contributed by atoms with E-state index in [9.17, 15) is 18.8 Å². The van der Waals surface area contributed by atoms with E-state index in [1.165, 1.54) is 17.0 Å². The Balaban J connectivity index is 1.03. The summed E-state index contributed by atoms with van der Waals surface area (Å²) in [6.45, 7) is 4.04. The summed E-state index contributed by atoms with van der Waals surface area (Å²) in [7, 11) is 1.67.